The summed E-state index contributed by atoms with van der Waals surface area (Å²) in [5, 5.41) is 6.84. The first-order chi connectivity index (χ1) is 4.11. The van der Waals surface area contributed by atoms with E-state index in [2.05, 4.69) is 36.5 Å². The van der Waals surface area contributed by atoms with Gasteiger partial charge in [0.05, 0.1) is 8.07 Å². The lowest BCUT2D eigenvalue weighted by molar-refractivity contribution is 1.76. The topological polar surface area (TPSA) is 0 Å². The van der Waals surface area contributed by atoms with E-state index in [-0.39, 0.29) is 0 Å². The summed E-state index contributed by atoms with van der Waals surface area (Å²) in [6.45, 7) is 7.02. The van der Waals surface area contributed by atoms with Gasteiger partial charge in [-0.25, -0.2) is 0 Å². The molecule has 2 heteroatoms. The molecule has 0 fully saturated rings. The Hall–Kier alpha value is -0.0831. The van der Waals surface area contributed by atoms with E-state index in [0.29, 0.717) is 0 Å². The van der Waals surface area contributed by atoms with E-state index in [9.17, 15) is 0 Å². The first-order valence-corrected chi connectivity index (χ1v) is 7.44. The summed E-state index contributed by atoms with van der Waals surface area (Å²) in [5.74, 6) is 0. The third-order valence-electron chi connectivity index (χ3n) is 1.28. The van der Waals surface area contributed by atoms with Crippen molar-refractivity contribution in [3.63, 3.8) is 0 Å². The fraction of sp³-hybridized carbons (Fsp3) is 0.429. The lowest BCUT2D eigenvalue weighted by atomic mass is 10.7. The molecule has 0 aliphatic carbocycles. The van der Waals surface area contributed by atoms with E-state index >= 15 is 0 Å². The third kappa shape index (κ3) is 1.66. The van der Waals surface area contributed by atoms with Crippen LogP contribution in [0.2, 0.25) is 19.6 Å². The van der Waals surface area contributed by atoms with Crippen molar-refractivity contribution in [3.8, 4) is 0 Å². The van der Waals surface area contributed by atoms with Crippen molar-refractivity contribution in [2.45, 2.75) is 19.6 Å². The molecule has 0 aliphatic rings. The fourth-order valence-electron chi connectivity index (χ4n) is 0.637. The highest BCUT2D eigenvalue weighted by atomic mass is 32.1. The van der Waals surface area contributed by atoms with Crippen LogP contribution in [0.5, 0.6) is 0 Å². The quantitative estimate of drug-likeness (QED) is 0.545. The molecule has 0 nitrogen and oxygen atoms in total. The number of rotatable bonds is 1. The molecule has 1 aromatic rings. The van der Waals surface area contributed by atoms with Gasteiger partial charge in [-0.2, -0.15) is 0 Å². The van der Waals surface area contributed by atoms with Crippen molar-refractivity contribution >= 4 is 24.6 Å². The molecule has 0 N–H and O–H groups in total. The monoisotopic (exact) mass is 155 g/mol. The summed E-state index contributed by atoms with van der Waals surface area (Å²) in [5.41, 5.74) is 0. The highest BCUT2D eigenvalue weighted by molar-refractivity contribution is 7.09. The van der Waals surface area contributed by atoms with Gasteiger partial charge in [0.2, 0.25) is 0 Å². The maximum Gasteiger partial charge on any atom is 0.0795 e. The normalized spacial score (nSPS) is 11.9. The minimum absolute atomic E-state index is 1.03. The van der Waals surface area contributed by atoms with Crippen LogP contribution in [0.15, 0.2) is 11.4 Å². The Morgan fingerprint density at radius 2 is 2.11 bits per heavy atom. The summed E-state index contributed by atoms with van der Waals surface area (Å²) in [6.07, 6.45) is 0. The van der Waals surface area contributed by atoms with Crippen LogP contribution >= 0.6 is 11.3 Å². The van der Waals surface area contributed by atoms with Crippen molar-refractivity contribution in [3.05, 3.63) is 16.8 Å². The zero-order valence-electron chi connectivity index (χ0n) is 6.06. The van der Waals surface area contributed by atoms with Crippen LogP contribution < -0.4 is 5.19 Å². The van der Waals surface area contributed by atoms with E-state index in [1.54, 1.807) is 11.3 Å². The molecule has 0 atom stereocenters. The lowest BCUT2D eigenvalue weighted by Gasteiger charge is -2.11. The second-order valence-corrected chi connectivity index (χ2v) is 8.94. The summed E-state index contributed by atoms with van der Waals surface area (Å²) < 4.78 is 0. The lowest BCUT2D eigenvalue weighted by Crippen LogP contribution is -2.36. The molecule has 0 amide bonds. The molecule has 0 aromatic carbocycles. The van der Waals surface area contributed by atoms with Crippen LogP contribution in [-0.4, -0.2) is 8.07 Å². The molecule has 1 aromatic heterocycles. The van der Waals surface area contributed by atoms with Gasteiger partial charge in [0.15, 0.2) is 0 Å². The van der Waals surface area contributed by atoms with Crippen molar-refractivity contribution in [1.82, 2.24) is 0 Å². The van der Waals surface area contributed by atoms with Crippen molar-refractivity contribution in [2.24, 2.45) is 0 Å². The highest BCUT2D eigenvalue weighted by Gasteiger charge is 2.15. The van der Waals surface area contributed by atoms with Crippen molar-refractivity contribution in [2.75, 3.05) is 0 Å². The standard InChI is InChI=1S/C7H11SSi/c1-9(2,3)7-4-5-8-6-7/h4-5H,1-3H3. The van der Waals surface area contributed by atoms with Gasteiger partial charge in [-0.3, -0.25) is 0 Å². The Morgan fingerprint density at radius 1 is 1.44 bits per heavy atom. The molecule has 0 spiro atoms. The summed E-state index contributed by atoms with van der Waals surface area (Å²) in [7, 11) is -1.03. The molecular formula is C7H11SSi. The van der Waals surface area contributed by atoms with Crippen LogP contribution in [0, 0.1) is 5.38 Å². The number of hydrogen-bond acceptors (Lipinski definition) is 1. The molecule has 49 valence electrons. The first-order valence-electron chi connectivity index (χ1n) is 3.06. The Balaban J connectivity index is 2.90. The Kier molecular flexibility index (Phi) is 1.77. The van der Waals surface area contributed by atoms with Gasteiger partial charge in [-0.05, 0) is 10.6 Å². The summed E-state index contributed by atoms with van der Waals surface area (Å²) in [4.78, 5) is 0. The van der Waals surface area contributed by atoms with E-state index in [1.165, 1.54) is 5.19 Å². The van der Waals surface area contributed by atoms with Gasteiger partial charge < -0.3 is 0 Å². The fourth-order valence-corrected chi connectivity index (χ4v) is 3.21. The van der Waals surface area contributed by atoms with E-state index in [1.807, 2.05) is 0 Å². The van der Waals surface area contributed by atoms with Gasteiger partial charge in [0.1, 0.15) is 0 Å². The first kappa shape index (κ1) is 7.03. The van der Waals surface area contributed by atoms with Gasteiger partial charge in [0.25, 0.3) is 0 Å². The molecule has 1 rings (SSSR count). The molecule has 0 unspecified atom stereocenters. The van der Waals surface area contributed by atoms with Crippen LogP contribution in [0.1, 0.15) is 0 Å². The molecule has 1 radical (unpaired) electrons. The molecule has 0 aliphatic heterocycles. The van der Waals surface area contributed by atoms with Crippen LogP contribution in [0.25, 0.3) is 0 Å². The van der Waals surface area contributed by atoms with E-state index in [4.69, 9.17) is 0 Å². The van der Waals surface area contributed by atoms with E-state index in [0.717, 1.165) is 0 Å². The van der Waals surface area contributed by atoms with Gasteiger partial charge in [-0.15, -0.1) is 11.3 Å². The molecule has 1 heterocycles. The van der Waals surface area contributed by atoms with Crippen LogP contribution in [0.4, 0.5) is 0 Å². The minimum atomic E-state index is -1.03. The molecule has 0 bridgehead atoms. The maximum atomic E-state index is 3.28. The molecule has 0 saturated heterocycles. The SMILES string of the molecule is C[Si](C)(C)c1[c]scc1. The summed E-state index contributed by atoms with van der Waals surface area (Å²) >= 11 is 1.68. The predicted molar refractivity (Wildman–Crippen MR) is 46.1 cm³/mol. The van der Waals surface area contributed by atoms with Gasteiger partial charge in [0, 0.05) is 5.38 Å². The Labute approximate surface area is 61.5 Å². The second-order valence-electron chi connectivity index (χ2n) is 3.19. The molecular weight excluding hydrogens is 144 g/mol. The molecule has 9 heavy (non-hydrogen) atoms. The second kappa shape index (κ2) is 2.27. The van der Waals surface area contributed by atoms with E-state index < -0.39 is 8.07 Å². The average molecular weight is 155 g/mol. The van der Waals surface area contributed by atoms with Crippen molar-refractivity contribution in [1.29, 1.82) is 0 Å². The number of thiophene rings is 1. The predicted octanol–water partition coefficient (Wildman–Crippen LogP) is 2.09. The smallest absolute Gasteiger partial charge is 0.0795 e. The Bertz CT molecular complexity index is 171. The maximum absolute atomic E-state index is 3.28. The molecule has 0 saturated carbocycles. The van der Waals surface area contributed by atoms with Gasteiger partial charge >= 0.3 is 0 Å². The van der Waals surface area contributed by atoms with Gasteiger partial charge in [-0.1, -0.05) is 25.7 Å². The zero-order valence-corrected chi connectivity index (χ0v) is 7.88. The zero-order chi connectivity index (χ0) is 6.91. The summed E-state index contributed by atoms with van der Waals surface area (Å²) in [6, 6.07) is 2.19. The minimum Gasteiger partial charge on any atom is -0.143 e. The van der Waals surface area contributed by atoms with Crippen LogP contribution in [-0.2, 0) is 0 Å². The Morgan fingerprint density at radius 3 is 2.33 bits per heavy atom. The van der Waals surface area contributed by atoms with Crippen molar-refractivity contribution < 1.29 is 0 Å². The largest absolute Gasteiger partial charge is 0.143 e. The number of hydrogen-bond donors (Lipinski definition) is 0. The average Bonchev–Trinajstić information content (AvgIpc) is 2.08. The third-order valence-corrected chi connectivity index (χ3v) is 3.98. The van der Waals surface area contributed by atoms with Crippen LogP contribution in [0.3, 0.4) is 0 Å². The highest BCUT2D eigenvalue weighted by Crippen LogP contribution is 2.03.